The van der Waals surface area contributed by atoms with E-state index >= 15 is 0 Å². The Labute approximate surface area is 570 Å². The van der Waals surface area contributed by atoms with Crippen molar-refractivity contribution >= 4 is 95.6 Å². The van der Waals surface area contributed by atoms with E-state index in [9.17, 15) is 0 Å². The van der Waals surface area contributed by atoms with Gasteiger partial charge in [0, 0.05) is 105 Å². The van der Waals surface area contributed by atoms with E-state index in [1.165, 1.54) is 42.3 Å². The van der Waals surface area contributed by atoms with Crippen molar-refractivity contribution in [1.82, 2.24) is 29.4 Å². The molecule has 0 aliphatic carbocycles. The summed E-state index contributed by atoms with van der Waals surface area (Å²) in [6, 6.07) is 50.7. The fraction of sp³-hybridized carbons (Fsp3) is 0.478. The summed E-state index contributed by atoms with van der Waals surface area (Å²) < 4.78 is 38.2. The molecule has 0 amide bonds. The zero-order valence-corrected chi connectivity index (χ0v) is 61.1. The minimum Gasteiger partial charge on any atom is -0.372 e. The second kappa shape index (κ2) is 39.3. The van der Waals surface area contributed by atoms with Crippen molar-refractivity contribution in [2.24, 2.45) is 0 Å². The fourth-order valence-electron chi connectivity index (χ4n) is 9.36. The van der Waals surface area contributed by atoms with Gasteiger partial charge in [-0.1, -0.05) is 181 Å². The molecule has 0 unspecified atom stereocenters. The number of epoxide rings is 6. The quantitative estimate of drug-likeness (QED) is 0.0460. The van der Waals surface area contributed by atoms with Gasteiger partial charge in [-0.25, -0.2) is 0 Å². The molecule has 87 heavy (non-hydrogen) atoms. The number of ether oxygens (including phenoxy) is 6. The zero-order valence-electron chi connectivity index (χ0n) is 51.6. The average Bonchev–Trinajstić information content (AvgIpc) is 4.41. The second-order valence-corrected chi connectivity index (χ2v) is 28.9. The van der Waals surface area contributed by atoms with Crippen LogP contribution in [0.4, 0.5) is 0 Å². The molecule has 0 saturated carbocycles. The summed E-state index contributed by atoms with van der Waals surface area (Å²) in [4.78, 5) is 13.9. The molecule has 18 heteroatoms. The summed E-state index contributed by atoms with van der Waals surface area (Å²) in [5.41, 5.74) is 8.16. The minimum absolute atomic E-state index is 0.475. The van der Waals surface area contributed by atoms with Gasteiger partial charge in [0.25, 0.3) is 0 Å². The summed E-state index contributed by atoms with van der Waals surface area (Å²) in [6.45, 7) is 18.2. The molecule has 6 aliphatic rings. The van der Waals surface area contributed by atoms with Gasteiger partial charge in [0.05, 0.1) is 76.3 Å². The van der Waals surface area contributed by atoms with Gasteiger partial charge in [-0.15, -0.1) is 0 Å². The fourth-order valence-corrected chi connectivity index (χ4v) is 11.7. The van der Waals surface area contributed by atoms with Gasteiger partial charge in [0.2, 0.25) is 0 Å². The summed E-state index contributed by atoms with van der Waals surface area (Å²) in [5, 5.41) is 0. The van der Waals surface area contributed by atoms with E-state index in [4.69, 9.17) is 28.4 Å². The lowest BCUT2D eigenvalue weighted by Gasteiger charge is -2.15. The van der Waals surface area contributed by atoms with Crippen LogP contribution in [0.5, 0.6) is 0 Å². The number of benzene rings is 6. The van der Waals surface area contributed by atoms with Crippen LogP contribution in [0.15, 0.2) is 172 Å². The van der Waals surface area contributed by atoms with Gasteiger partial charge in [-0.2, -0.15) is 0 Å². The molecule has 6 aromatic rings. The zero-order chi connectivity index (χ0) is 61.9. The van der Waals surface area contributed by atoms with E-state index in [1.54, 1.807) is 0 Å². The third-order valence-corrected chi connectivity index (χ3v) is 18.3. The molecule has 0 aromatic heterocycles. The molecule has 6 saturated heterocycles. The van der Waals surface area contributed by atoms with Crippen LogP contribution >= 0.6 is 95.6 Å². The minimum atomic E-state index is 0.475. The molecule has 6 fully saturated rings. The van der Waals surface area contributed by atoms with E-state index in [0.717, 1.165) is 155 Å². The topological polar surface area (TPSA) is 94.6 Å². The smallest absolute Gasteiger partial charge is 0.0936 e. The Morgan fingerprint density at radius 1 is 0.299 bits per heavy atom. The molecule has 6 atom stereocenters. The number of likely N-dealkylation sites (N-methyl/N-ethyl adjacent to an activating group) is 6. The van der Waals surface area contributed by atoms with Crippen molar-refractivity contribution in [3.63, 3.8) is 0 Å². The molecule has 0 bridgehead atoms. The van der Waals surface area contributed by atoms with E-state index in [0.29, 0.717) is 36.6 Å². The van der Waals surface area contributed by atoms with Gasteiger partial charge in [-0.05, 0) is 156 Å². The largest absolute Gasteiger partial charge is 0.372 e. The normalized spacial score (nSPS) is 19.8. The van der Waals surface area contributed by atoms with E-state index in [2.05, 4.69) is 301 Å². The van der Waals surface area contributed by atoms with E-state index in [-0.39, 0.29) is 0 Å². The summed E-state index contributed by atoms with van der Waals surface area (Å²) >= 11 is 20.9. The second-order valence-electron chi connectivity index (χ2n) is 23.6. The standard InChI is InChI=1S/3C12H16BrNO.3C11H14BrNO/c1-14(8-12-9-15-12)7-6-10-2-4-11(13)5-3-10;1-14(8-12-9-15-12)6-5-10-3-2-4-11(13)7-10;1-14(8-11-9-15-11)7-6-10-4-2-3-5-12(10)13;1-13(7-11-8-14-11)6-9-2-4-10(12)5-3-9;1-13(7-11-8-14-11)6-9-3-2-4-10(12)5-9;1-13(7-10-8-14-10)6-9-4-2-3-5-11(9)12/h2-5,12H,6-9H2,1H3;2-4,7,12H,5-6,8-9H2,1H3;2-5,11H,6-9H2,1H3;2*2-5,11H,6-8H2,1H3;2-5,10H,6-8H2,1H3/t2*12-;3*11-;10-/m000000/s1. The van der Waals surface area contributed by atoms with Gasteiger partial charge >= 0.3 is 0 Å². The Morgan fingerprint density at radius 2 is 0.621 bits per heavy atom. The lowest BCUT2D eigenvalue weighted by Crippen LogP contribution is -2.25. The Hall–Kier alpha value is -2.28. The maximum absolute atomic E-state index is 5.20. The van der Waals surface area contributed by atoms with Crippen molar-refractivity contribution < 1.29 is 28.4 Å². The molecule has 0 N–H and O–H groups in total. The number of rotatable bonds is 27. The van der Waals surface area contributed by atoms with Crippen molar-refractivity contribution in [3.05, 3.63) is 206 Å². The highest BCUT2D eigenvalue weighted by Gasteiger charge is 2.27. The molecular weight excluding hydrogens is 1490 g/mol. The molecule has 0 spiro atoms. The molecule has 6 aromatic carbocycles. The number of hydrogen-bond donors (Lipinski definition) is 0. The number of halogens is 6. The van der Waals surface area contributed by atoms with Crippen LogP contribution in [-0.4, -0.2) is 207 Å². The molecular formula is C69H90Br6N6O6. The highest BCUT2D eigenvalue weighted by Crippen LogP contribution is 2.22. The Kier molecular flexibility index (Phi) is 32.6. The third-order valence-electron chi connectivity index (χ3n) is 14.7. The summed E-state index contributed by atoms with van der Waals surface area (Å²) in [7, 11) is 12.8. The maximum atomic E-state index is 5.20. The Balaban J connectivity index is 0.000000149. The first-order valence-corrected chi connectivity index (χ1v) is 35.0. The van der Waals surface area contributed by atoms with Crippen LogP contribution in [0.2, 0.25) is 0 Å². The van der Waals surface area contributed by atoms with Gasteiger partial charge in [0.1, 0.15) is 0 Å². The van der Waals surface area contributed by atoms with Gasteiger partial charge < -0.3 is 43.1 Å². The molecule has 474 valence electrons. The van der Waals surface area contributed by atoms with Crippen LogP contribution in [0.25, 0.3) is 0 Å². The summed E-state index contributed by atoms with van der Waals surface area (Å²) in [5.74, 6) is 0. The Morgan fingerprint density at radius 3 is 1.02 bits per heavy atom. The SMILES string of the molecule is CN(CCc1ccc(Br)cc1)C[C@H]1CO1.CN(CCc1cccc(Br)c1)C[C@H]1CO1.CN(CCc1ccccc1Br)C[C@H]1CO1.CN(Cc1ccc(Br)cc1)C[C@H]1CO1.CN(Cc1cccc(Br)c1)C[C@H]1CO1.CN(Cc1ccccc1Br)C[C@H]1CO1. The van der Waals surface area contributed by atoms with Crippen LogP contribution in [0, 0.1) is 0 Å². The van der Waals surface area contributed by atoms with Crippen LogP contribution in [0.3, 0.4) is 0 Å². The predicted octanol–water partition coefficient (Wildman–Crippen LogP) is 13.8. The van der Waals surface area contributed by atoms with Gasteiger partial charge in [-0.3, -0.25) is 14.7 Å². The van der Waals surface area contributed by atoms with Crippen molar-refractivity contribution in [3.8, 4) is 0 Å². The Bertz CT molecular complexity index is 2880. The van der Waals surface area contributed by atoms with Crippen LogP contribution in [0.1, 0.15) is 33.4 Å². The van der Waals surface area contributed by atoms with Gasteiger partial charge in [0.15, 0.2) is 0 Å². The van der Waals surface area contributed by atoms with Crippen LogP contribution in [-0.2, 0) is 67.3 Å². The number of nitrogens with zero attached hydrogens (tertiary/aromatic N) is 6. The number of hydrogen-bond acceptors (Lipinski definition) is 12. The molecule has 12 rings (SSSR count). The molecule has 6 heterocycles. The molecule has 6 aliphatic heterocycles. The first-order valence-electron chi connectivity index (χ1n) is 30.2. The van der Waals surface area contributed by atoms with Crippen molar-refractivity contribution in [2.45, 2.75) is 75.5 Å². The van der Waals surface area contributed by atoms with E-state index in [1.807, 2.05) is 12.1 Å². The highest BCUT2D eigenvalue weighted by atomic mass is 79.9. The lowest BCUT2D eigenvalue weighted by molar-refractivity contribution is 0.278. The summed E-state index contributed by atoms with van der Waals surface area (Å²) in [6.07, 6.45) is 6.22. The van der Waals surface area contributed by atoms with E-state index < -0.39 is 0 Å². The average molecular weight is 1580 g/mol. The highest BCUT2D eigenvalue weighted by molar-refractivity contribution is 9.11. The predicted molar refractivity (Wildman–Crippen MR) is 376 cm³/mol. The molecule has 12 nitrogen and oxygen atoms in total. The maximum Gasteiger partial charge on any atom is 0.0936 e. The van der Waals surface area contributed by atoms with Crippen molar-refractivity contribution in [1.29, 1.82) is 0 Å². The first-order chi connectivity index (χ1) is 42.0. The monoisotopic (exact) mass is 1570 g/mol. The van der Waals surface area contributed by atoms with Crippen LogP contribution < -0.4 is 0 Å². The molecule has 0 radical (unpaired) electrons. The first kappa shape index (κ1) is 72.2. The van der Waals surface area contributed by atoms with Crippen molar-refractivity contribution in [2.75, 3.05) is 141 Å². The lowest BCUT2D eigenvalue weighted by atomic mass is 10.1. The third kappa shape index (κ3) is 33.7.